The summed E-state index contributed by atoms with van der Waals surface area (Å²) in [6.45, 7) is 1.48. The van der Waals surface area contributed by atoms with E-state index in [0.717, 1.165) is 0 Å². The second kappa shape index (κ2) is 5.90. The zero-order chi connectivity index (χ0) is 15.4. The Kier molecular flexibility index (Phi) is 4.02. The lowest BCUT2D eigenvalue weighted by molar-refractivity contribution is 0.101. The molecule has 4 nitrogen and oxygen atoms in total. The average Bonchev–Trinajstić information content (AvgIpc) is 2.53. The Morgan fingerprint density at radius 3 is 2.38 bits per heavy atom. The molecule has 0 unspecified atom stereocenters. The van der Waals surface area contributed by atoms with E-state index in [4.69, 9.17) is 5.26 Å². The van der Waals surface area contributed by atoms with Crippen molar-refractivity contribution in [2.45, 2.75) is 6.92 Å². The molecule has 0 aliphatic heterocycles. The fraction of sp³-hybridized carbons (Fsp3) is 0.118. The van der Waals surface area contributed by atoms with Gasteiger partial charge in [-0.15, -0.1) is 0 Å². The van der Waals surface area contributed by atoms with Crippen molar-refractivity contribution in [1.82, 2.24) is 0 Å². The largest absolute Gasteiger partial charge is 0.343 e. The molecule has 0 amide bonds. The average molecular weight is 275 g/mol. The van der Waals surface area contributed by atoms with Gasteiger partial charge in [0.25, 0.3) is 0 Å². The summed E-state index contributed by atoms with van der Waals surface area (Å²) in [7, 11) is 1.78. The van der Waals surface area contributed by atoms with Crippen LogP contribution in [-0.4, -0.2) is 12.8 Å². The summed E-state index contributed by atoms with van der Waals surface area (Å²) in [5.74, 6) is -0.0872. The van der Waals surface area contributed by atoms with Crippen LogP contribution in [0, 0.1) is 22.7 Å². The molecule has 0 radical (unpaired) electrons. The van der Waals surface area contributed by atoms with Crippen molar-refractivity contribution in [3.8, 4) is 12.1 Å². The summed E-state index contributed by atoms with van der Waals surface area (Å²) in [5, 5.41) is 18.2. The summed E-state index contributed by atoms with van der Waals surface area (Å²) in [6, 6.07) is 16.2. The number of nitrogens with zero attached hydrogens (tertiary/aromatic N) is 3. The lowest BCUT2D eigenvalue weighted by Gasteiger charge is -2.23. The van der Waals surface area contributed by atoms with Gasteiger partial charge in [-0.2, -0.15) is 10.5 Å². The number of carbonyl (C=O) groups is 1. The first-order valence-corrected chi connectivity index (χ1v) is 6.36. The molecule has 0 fully saturated rings. The number of hydrogen-bond donors (Lipinski definition) is 0. The molecule has 0 atom stereocenters. The highest BCUT2D eigenvalue weighted by Crippen LogP contribution is 2.30. The number of Topliss-reactive ketones (excluding diaryl/α,β-unsaturated/α-hetero) is 1. The van der Waals surface area contributed by atoms with Crippen molar-refractivity contribution in [3.05, 3.63) is 59.2 Å². The highest BCUT2D eigenvalue weighted by atomic mass is 16.1. The van der Waals surface area contributed by atoms with Crippen molar-refractivity contribution in [2.75, 3.05) is 11.9 Å². The van der Waals surface area contributed by atoms with Gasteiger partial charge in [-0.1, -0.05) is 12.1 Å². The summed E-state index contributed by atoms with van der Waals surface area (Å²) in [5.41, 5.74) is 2.80. The van der Waals surface area contributed by atoms with E-state index in [1.165, 1.54) is 6.92 Å². The van der Waals surface area contributed by atoms with Crippen LogP contribution in [0.15, 0.2) is 42.5 Å². The standard InChI is InChI=1S/C17H13N3O/c1-12(21)15-8-7-13(10-18)9-17(15)20(2)16-6-4-3-5-14(16)11-19/h3-9H,1-2H3. The topological polar surface area (TPSA) is 67.9 Å². The number of hydrogen-bond acceptors (Lipinski definition) is 4. The maximum absolute atomic E-state index is 11.8. The van der Waals surface area contributed by atoms with Crippen LogP contribution >= 0.6 is 0 Å². The van der Waals surface area contributed by atoms with Gasteiger partial charge in [0.15, 0.2) is 5.78 Å². The van der Waals surface area contributed by atoms with Crippen molar-refractivity contribution in [2.24, 2.45) is 0 Å². The Bertz CT molecular complexity index is 781. The molecule has 0 bridgehead atoms. The predicted octanol–water partition coefficient (Wildman–Crippen LogP) is 3.40. The van der Waals surface area contributed by atoms with Crippen LogP contribution in [0.4, 0.5) is 11.4 Å². The number of ketones is 1. The molecule has 2 aromatic rings. The number of nitriles is 2. The van der Waals surface area contributed by atoms with Gasteiger partial charge < -0.3 is 4.90 Å². The number of para-hydroxylation sites is 1. The third-order valence-electron chi connectivity index (χ3n) is 3.25. The lowest BCUT2D eigenvalue weighted by Crippen LogP contribution is -2.14. The predicted molar refractivity (Wildman–Crippen MR) is 80.4 cm³/mol. The molecule has 0 aliphatic carbocycles. The number of rotatable bonds is 3. The van der Waals surface area contributed by atoms with Crippen molar-refractivity contribution in [3.63, 3.8) is 0 Å². The molecule has 0 N–H and O–H groups in total. The zero-order valence-electron chi connectivity index (χ0n) is 11.8. The molecule has 2 aromatic carbocycles. The van der Waals surface area contributed by atoms with Gasteiger partial charge in [0.2, 0.25) is 0 Å². The Morgan fingerprint density at radius 1 is 1.05 bits per heavy atom. The van der Waals surface area contributed by atoms with E-state index in [1.54, 1.807) is 42.3 Å². The van der Waals surface area contributed by atoms with E-state index in [9.17, 15) is 10.1 Å². The van der Waals surface area contributed by atoms with Gasteiger partial charge in [0.05, 0.1) is 28.6 Å². The molecule has 0 heterocycles. The molecule has 0 aromatic heterocycles. The molecule has 0 aliphatic rings. The Labute approximate surface area is 123 Å². The maximum Gasteiger partial charge on any atom is 0.161 e. The second-order valence-electron chi connectivity index (χ2n) is 4.59. The normalized spacial score (nSPS) is 9.52. The minimum Gasteiger partial charge on any atom is -0.343 e. The van der Waals surface area contributed by atoms with E-state index >= 15 is 0 Å². The first-order valence-electron chi connectivity index (χ1n) is 6.36. The van der Waals surface area contributed by atoms with Crippen LogP contribution in [0.1, 0.15) is 28.4 Å². The number of anilines is 2. The van der Waals surface area contributed by atoms with Crippen molar-refractivity contribution in [1.29, 1.82) is 10.5 Å². The van der Waals surface area contributed by atoms with Crippen LogP contribution in [0.25, 0.3) is 0 Å². The minimum atomic E-state index is -0.0872. The van der Waals surface area contributed by atoms with Gasteiger partial charge >= 0.3 is 0 Å². The first-order chi connectivity index (χ1) is 10.1. The molecule has 102 valence electrons. The smallest absolute Gasteiger partial charge is 0.161 e. The van der Waals surface area contributed by atoms with Gasteiger partial charge in [0.1, 0.15) is 6.07 Å². The van der Waals surface area contributed by atoms with Crippen LogP contribution in [-0.2, 0) is 0 Å². The molecular formula is C17H13N3O. The highest BCUT2D eigenvalue weighted by molar-refractivity contribution is 6.01. The van der Waals surface area contributed by atoms with Crippen LogP contribution in [0.2, 0.25) is 0 Å². The summed E-state index contributed by atoms with van der Waals surface area (Å²) in [4.78, 5) is 13.5. The van der Waals surface area contributed by atoms with E-state index in [2.05, 4.69) is 12.1 Å². The second-order valence-corrected chi connectivity index (χ2v) is 4.59. The van der Waals surface area contributed by atoms with Gasteiger partial charge in [-0.25, -0.2) is 0 Å². The minimum absolute atomic E-state index is 0.0872. The molecule has 21 heavy (non-hydrogen) atoms. The third kappa shape index (κ3) is 2.75. The third-order valence-corrected chi connectivity index (χ3v) is 3.25. The van der Waals surface area contributed by atoms with Crippen LogP contribution in [0.5, 0.6) is 0 Å². The van der Waals surface area contributed by atoms with Crippen molar-refractivity contribution < 1.29 is 4.79 Å². The summed E-state index contributed by atoms with van der Waals surface area (Å²) >= 11 is 0. The highest BCUT2D eigenvalue weighted by Gasteiger charge is 2.15. The van der Waals surface area contributed by atoms with Gasteiger partial charge in [-0.05, 0) is 37.3 Å². The molecule has 0 spiro atoms. The van der Waals surface area contributed by atoms with E-state index in [-0.39, 0.29) is 5.78 Å². The number of benzene rings is 2. The fourth-order valence-electron chi connectivity index (χ4n) is 2.17. The SMILES string of the molecule is CC(=O)c1ccc(C#N)cc1N(C)c1ccccc1C#N. The Hall–Kier alpha value is -3.11. The summed E-state index contributed by atoms with van der Waals surface area (Å²) in [6.07, 6.45) is 0. The molecule has 0 saturated carbocycles. The quantitative estimate of drug-likeness (QED) is 0.805. The molecule has 4 heteroatoms. The van der Waals surface area contributed by atoms with E-state index in [0.29, 0.717) is 28.1 Å². The lowest BCUT2D eigenvalue weighted by atomic mass is 10.0. The molecule has 2 rings (SSSR count). The van der Waals surface area contributed by atoms with E-state index in [1.807, 2.05) is 12.1 Å². The number of carbonyl (C=O) groups excluding carboxylic acids is 1. The fourth-order valence-corrected chi connectivity index (χ4v) is 2.17. The zero-order valence-corrected chi connectivity index (χ0v) is 11.8. The Balaban J connectivity index is 2.62. The molecular weight excluding hydrogens is 262 g/mol. The van der Waals surface area contributed by atoms with Gasteiger partial charge in [0, 0.05) is 12.6 Å². The van der Waals surface area contributed by atoms with E-state index < -0.39 is 0 Å². The molecule has 0 saturated heterocycles. The Morgan fingerprint density at radius 2 is 1.76 bits per heavy atom. The van der Waals surface area contributed by atoms with Gasteiger partial charge in [-0.3, -0.25) is 4.79 Å². The monoisotopic (exact) mass is 275 g/mol. The first kappa shape index (κ1) is 14.3. The van der Waals surface area contributed by atoms with Crippen molar-refractivity contribution >= 4 is 17.2 Å². The summed E-state index contributed by atoms with van der Waals surface area (Å²) < 4.78 is 0. The van der Waals surface area contributed by atoms with Crippen LogP contribution in [0.3, 0.4) is 0 Å². The maximum atomic E-state index is 11.8. The van der Waals surface area contributed by atoms with Crippen LogP contribution < -0.4 is 4.90 Å².